The van der Waals surface area contributed by atoms with Gasteiger partial charge in [-0.05, 0) is 36.4 Å². The van der Waals surface area contributed by atoms with Gasteiger partial charge in [-0.1, -0.05) is 6.07 Å². The number of sulfonamides is 1. The Morgan fingerprint density at radius 2 is 1.71 bits per heavy atom. The molecule has 0 unspecified atom stereocenters. The first-order valence-electron chi connectivity index (χ1n) is 6.08. The van der Waals surface area contributed by atoms with Gasteiger partial charge in [0.25, 0.3) is 10.0 Å². The van der Waals surface area contributed by atoms with Crippen LogP contribution in [0.25, 0.3) is 10.9 Å². The third-order valence-electron chi connectivity index (χ3n) is 2.91. The SMILES string of the molecule is O=S(=O)(Nc1ncccc1O)c1cccc2ncccc12. The second-order valence-corrected chi connectivity index (χ2v) is 5.95. The van der Waals surface area contributed by atoms with Gasteiger partial charge in [0.05, 0.1) is 10.4 Å². The Balaban J connectivity index is 2.11. The fourth-order valence-corrected chi connectivity index (χ4v) is 3.21. The number of aromatic hydroxyl groups is 1. The van der Waals surface area contributed by atoms with Crippen LogP contribution in [0.1, 0.15) is 0 Å². The van der Waals surface area contributed by atoms with Crippen molar-refractivity contribution in [1.29, 1.82) is 0 Å². The molecule has 6 nitrogen and oxygen atoms in total. The molecule has 21 heavy (non-hydrogen) atoms. The molecule has 0 saturated carbocycles. The molecule has 0 atom stereocenters. The maximum atomic E-state index is 12.5. The lowest BCUT2D eigenvalue weighted by Gasteiger charge is -2.10. The Morgan fingerprint density at radius 3 is 2.52 bits per heavy atom. The minimum Gasteiger partial charge on any atom is -0.504 e. The van der Waals surface area contributed by atoms with Gasteiger partial charge in [-0.15, -0.1) is 0 Å². The zero-order valence-electron chi connectivity index (χ0n) is 10.8. The minimum absolute atomic E-state index is 0.0816. The summed E-state index contributed by atoms with van der Waals surface area (Å²) in [5, 5.41) is 10.1. The van der Waals surface area contributed by atoms with E-state index in [1.165, 1.54) is 24.4 Å². The summed E-state index contributed by atoms with van der Waals surface area (Å²) < 4.78 is 27.2. The van der Waals surface area contributed by atoms with Crippen molar-refractivity contribution in [2.24, 2.45) is 0 Å². The van der Waals surface area contributed by atoms with Gasteiger partial charge in [0.1, 0.15) is 0 Å². The van der Waals surface area contributed by atoms with Crippen molar-refractivity contribution in [2.75, 3.05) is 4.72 Å². The van der Waals surface area contributed by atoms with Crippen molar-refractivity contribution in [2.45, 2.75) is 4.90 Å². The number of hydrogen-bond acceptors (Lipinski definition) is 5. The minimum atomic E-state index is -3.87. The molecule has 7 heteroatoms. The van der Waals surface area contributed by atoms with Gasteiger partial charge in [0.15, 0.2) is 11.6 Å². The molecule has 0 aliphatic heterocycles. The van der Waals surface area contributed by atoms with E-state index in [-0.39, 0.29) is 16.5 Å². The lowest BCUT2D eigenvalue weighted by Crippen LogP contribution is -2.14. The first-order chi connectivity index (χ1) is 10.1. The highest BCUT2D eigenvalue weighted by Crippen LogP contribution is 2.26. The number of benzene rings is 1. The smallest absolute Gasteiger partial charge is 0.263 e. The van der Waals surface area contributed by atoms with Crippen LogP contribution >= 0.6 is 0 Å². The van der Waals surface area contributed by atoms with Crippen molar-refractivity contribution in [1.82, 2.24) is 9.97 Å². The van der Waals surface area contributed by atoms with Crippen LogP contribution < -0.4 is 4.72 Å². The van der Waals surface area contributed by atoms with E-state index in [0.717, 1.165) is 0 Å². The molecule has 0 radical (unpaired) electrons. The van der Waals surface area contributed by atoms with E-state index < -0.39 is 10.0 Å². The fraction of sp³-hybridized carbons (Fsp3) is 0. The normalized spacial score (nSPS) is 11.4. The van der Waals surface area contributed by atoms with Crippen molar-refractivity contribution in [3.8, 4) is 5.75 Å². The lowest BCUT2D eigenvalue weighted by atomic mass is 10.2. The molecule has 0 aliphatic rings. The van der Waals surface area contributed by atoms with Gasteiger partial charge >= 0.3 is 0 Å². The topological polar surface area (TPSA) is 92.2 Å². The van der Waals surface area contributed by atoms with E-state index in [1.54, 1.807) is 30.5 Å². The number of aromatic nitrogens is 2. The Bertz CT molecular complexity index is 905. The predicted octanol–water partition coefficient (Wildman–Crippen LogP) is 2.14. The van der Waals surface area contributed by atoms with Crippen molar-refractivity contribution < 1.29 is 13.5 Å². The molecule has 2 aromatic heterocycles. The highest BCUT2D eigenvalue weighted by molar-refractivity contribution is 7.93. The van der Waals surface area contributed by atoms with E-state index in [1.807, 2.05) is 0 Å². The van der Waals surface area contributed by atoms with Crippen LogP contribution in [-0.2, 0) is 10.0 Å². The molecule has 2 N–H and O–H groups in total. The number of anilines is 1. The third-order valence-corrected chi connectivity index (χ3v) is 4.31. The largest absolute Gasteiger partial charge is 0.504 e. The van der Waals surface area contributed by atoms with Crippen molar-refractivity contribution >= 4 is 26.7 Å². The highest BCUT2D eigenvalue weighted by atomic mass is 32.2. The van der Waals surface area contributed by atoms with Crippen LogP contribution in [0, 0.1) is 0 Å². The van der Waals surface area contributed by atoms with E-state index in [2.05, 4.69) is 14.7 Å². The van der Waals surface area contributed by atoms with Crippen LogP contribution in [0.3, 0.4) is 0 Å². The summed E-state index contributed by atoms with van der Waals surface area (Å²) in [5.74, 6) is -0.349. The monoisotopic (exact) mass is 301 g/mol. The summed E-state index contributed by atoms with van der Waals surface area (Å²) in [5.41, 5.74) is 0.575. The molecular weight excluding hydrogens is 290 g/mol. The summed E-state index contributed by atoms with van der Waals surface area (Å²) in [4.78, 5) is 8.02. The van der Waals surface area contributed by atoms with Crippen LogP contribution in [0.4, 0.5) is 5.82 Å². The maximum absolute atomic E-state index is 12.5. The quantitative estimate of drug-likeness (QED) is 0.773. The third kappa shape index (κ3) is 2.50. The molecule has 3 rings (SSSR count). The van der Waals surface area contributed by atoms with Gasteiger partial charge in [-0.25, -0.2) is 13.4 Å². The number of nitrogens with zero attached hydrogens (tertiary/aromatic N) is 2. The standard InChI is InChI=1S/C14H11N3O3S/c18-12-6-3-9-16-14(12)17-21(19,20)13-7-1-5-11-10(13)4-2-8-15-11/h1-9,18H,(H,16,17). The molecule has 0 bridgehead atoms. The van der Waals surface area contributed by atoms with Gasteiger partial charge < -0.3 is 5.11 Å². The van der Waals surface area contributed by atoms with E-state index in [0.29, 0.717) is 10.9 Å². The van der Waals surface area contributed by atoms with Crippen LogP contribution in [0.5, 0.6) is 5.75 Å². The molecule has 0 fully saturated rings. The Morgan fingerprint density at radius 1 is 0.952 bits per heavy atom. The number of rotatable bonds is 3. The molecule has 2 heterocycles. The molecule has 0 saturated heterocycles. The molecule has 3 aromatic rings. The molecule has 0 aliphatic carbocycles. The lowest BCUT2D eigenvalue weighted by molar-refractivity contribution is 0.475. The second kappa shape index (κ2) is 5.02. The summed E-state index contributed by atoms with van der Waals surface area (Å²) in [6.45, 7) is 0. The van der Waals surface area contributed by atoms with Gasteiger partial charge in [0, 0.05) is 17.8 Å². The van der Waals surface area contributed by atoms with E-state index in [4.69, 9.17) is 0 Å². The number of fused-ring (bicyclic) bond motifs is 1. The number of pyridine rings is 2. The summed E-state index contributed by atoms with van der Waals surface area (Å²) >= 11 is 0. The van der Waals surface area contributed by atoms with Crippen molar-refractivity contribution in [3.05, 3.63) is 54.9 Å². The van der Waals surface area contributed by atoms with Gasteiger partial charge in [-0.2, -0.15) is 0 Å². The van der Waals surface area contributed by atoms with Crippen LogP contribution in [-0.4, -0.2) is 23.5 Å². The fourth-order valence-electron chi connectivity index (χ4n) is 1.97. The maximum Gasteiger partial charge on any atom is 0.263 e. The molecule has 1 aromatic carbocycles. The number of nitrogens with one attached hydrogen (secondary N) is 1. The van der Waals surface area contributed by atoms with Gasteiger partial charge in [-0.3, -0.25) is 9.71 Å². The first-order valence-corrected chi connectivity index (χ1v) is 7.57. The highest BCUT2D eigenvalue weighted by Gasteiger charge is 2.19. The Labute approximate surface area is 121 Å². The van der Waals surface area contributed by atoms with E-state index >= 15 is 0 Å². The van der Waals surface area contributed by atoms with Crippen LogP contribution in [0.2, 0.25) is 0 Å². The molecule has 106 valence electrons. The summed E-state index contributed by atoms with van der Waals surface area (Å²) in [6.07, 6.45) is 2.99. The van der Waals surface area contributed by atoms with Gasteiger partial charge in [0.2, 0.25) is 0 Å². The Hall–Kier alpha value is -2.67. The average molecular weight is 301 g/mol. The Kier molecular flexibility index (Phi) is 3.19. The molecule has 0 amide bonds. The summed E-state index contributed by atoms with van der Waals surface area (Å²) in [7, 11) is -3.87. The predicted molar refractivity (Wildman–Crippen MR) is 78.5 cm³/mol. The van der Waals surface area contributed by atoms with Crippen LogP contribution in [0.15, 0.2) is 59.8 Å². The summed E-state index contributed by atoms with van der Waals surface area (Å²) in [6, 6.07) is 11.0. The molecule has 0 spiro atoms. The first kappa shape index (κ1) is 13.3. The van der Waals surface area contributed by atoms with Crippen molar-refractivity contribution in [3.63, 3.8) is 0 Å². The zero-order valence-corrected chi connectivity index (χ0v) is 11.6. The number of hydrogen-bond donors (Lipinski definition) is 2. The average Bonchev–Trinajstić information content (AvgIpc) is 2.49. The second-order valence-electron chi connectivity index (χ2n) is 4.30. The molecular formula is C14H11N3O3S. The zero-order chi connectivity index (χ0) is 14.9. The van der Waals surface area contributed by atoms with E-state index in [9.17, 15) is 13.5 Å².